The van der Waals surface area contributed by atoms with Crippen LogP contribution in [0.2, 0.25) is 0 Å². The highest BCUT2D eigenvalue weighted by atomic mass is 79.9. The van der Waals surface area contributed by atoms with E-state index >= 15 is 0 Å². The highest BCUT2D eigenvalue weighted by Gasteiger charge is 2.10. The lowest BCUT2D eigenvalue weighted by Crippen LogP contribution is -2.28. The smallest absolute Gasteiger partial charge is 0.282 e. The average Bonchev–Trinajstić information content (AvgIpc) is 2.81. The summed E-state index contributed by atoms with van der Waals surface area (Å²) in [6, 6.07) is 7.55. The minimum absolute atomic E-state index is 0.219. The molecule has 0 bridgehead atoms. The summed E-state index contributed by atoms with van der Waals surface area (Å²) in [6.07, 6.45) is 0. The monoisotopic (exact) mass is 341 g/mol. The first-order valence-electron chi connectivity index (χ1n) is 5.62. The van der Waals surface area contributed by atoms with Crippen molar-refractivity contribution in [1.29, 1.82) is 0 Å². The van der Waals surface area contributed by atoms with E-state index in [0.29, 0.717) is 18.2 Å². The number of carbonyl (C=O) groups is 1. The quantitative estimate of drug-likeness (QED) is 0.848. The fourth-order valence-electron chi connectivity index (χ4n) is 1.35. The predicted molar refractivity (Wildman–Crippen MR) is 76.6 cm³/mol. The van der Waals surface area contributed by atoms with Crippen LogP contribution in [0.25, 0.3) is 0 Å². The molecule has 2 aromatic rings. The number of rotatable bonds is 5. The maximum Gasteiger partial charge on any atom is 0.282 e. The largest absolute Gasteiger partial charge is 0.492 e. The molecule has 0 unspecified atom stereocenters. The molecule has 0 aliphatic carbocycles. The molecule has 1 N–H and O–H groups in total. The van der Waals surface area contributed by atoms with E-state index in [0.717, 1.165) is 15.2 Å². The molecule has 5 nitrogen and oxygen atoms in total. The molecule has 7 heteroatoms. The Labute approximate surface area is 123 Å². The molecule has 0 atom stereocenters. The van der Waals surface area contributed by atoms with Crippen LogP contribution in [0.5, 0.6) is 5.75 Å². The van der Waals surface area contributed by atoms with Gasteiger partial charge < -0.3 is 10.1 Å². The third-order valence-electron chi connectivity index (χ3n) is 2.17. The second kappa shape index (κ2) is 6.63. The van der Waals surface area contributed by atoms with Gasteiger partial charge in [0.15, 0.2) is 0 Å². The first-order valence-corrected chi connectivity index (χ1v) is 7.23. The van der Waals surface area contributed by atoms with Crippen LogP contribution in [0, 0.1) is 6.92 Å². The number of benzene rings is 1. The summed E-state index contributed by atoms with van der Waals surface area (Å²) in [5.74, 6) is 0.541. The lowest BCUT2D eigenvalue weighted by Gasteiger charge is -2.06. The summed E-state index contributed by atoms with van der Waals surface area (Å²) in [6.45, 7) is 2.63. The number of amides is 1. The number of aromatic nitrogens is 2. The van der Waals surface area contributed by atoms with Gasteiger partial charge in [-0.05, 0) is 25.1 Å². The predicted octanol–water partition coefficient (Wildman–Crippen LogP) is 2.42. The third kappa shape index (κ3) is 4.29. The topological polar surface area (TPSA) is 64.1 Å². The van der Waals surface area contributed by atoms with E-state index in [9.17, 15) is 4.79 Å². The zero-order valence-corrected chi connectivity index (χ0v) is 12.6. The number of hydrogen-bond acceptors (Lipinski definition) is 5. The molecule has 0 saturated carbocycles. The maximum atomic E-state index is 11.7. The van der Waals surface area contributed by atoms with Crippen molar-refractivity contribution in [2.45, 2.75) is 6.92 Å². The molecule has 0 fully saturated rings. The van der Waals surface area contributed by atoms with Gasteiger partial charge in [0.05, 0.1) is 6.54 Å². The van der Waals surface area contributed by atoms with Crippen LogP contribution < -0.4 is 10.1 Å². The van der Waals surface area contributed by atoms with Gasteiger partial charge >= 0.3 is 0 Å². The van der Waals surface area contributed by atoms with Gasteiger partial charge in [-0.3, -0.25) is 4.79 Å². The van der Waals surface area contributed by atoms with Crippen LogP contribution in [0.1, 0.15) is 14.8 Å². The third-order valence-corrected chi connectivity index (χ3v) is 3.50. The number of aryl methyl sites for hydroxylation is 1. The zero-order valence-electron chi connectivity index (χ0n) is 10.2. The van der Waals surface area contributed by atoms with E-state index in [2.05, 4.69) is 31.4 Å². The summed E-state index contributed by atoms with van der Waals surface area (Å²) in [5, 5.41) is 11.4. The summed E-state index contributed by atoms with van der Waals surface area (Å²) < 4.78 is 6.46. The van der Waals surface area contributed by atoms with Gasteiger partial charge in [-0.25, -0.2) is 0 Å². The summed E-state index contributed by atoms with van der Waals surface area (Å²) in [4.78, 5) is 11.7. The van der Waals surface area contributed by atoms with Gasteiger partial charge in [-0.15, -0.1) is 10.2 Å². The molecule has 0 saturated heterocycles. The molecule has 0 aliphatic heterocycles. The van der Waals surface area contributed by atoms with Crippen LogP contribution in [0.4, 0.5) is 0 Å². The Kier molecular flexibility index (Phi) is 4.86. The lowest BCUT2D eigenvalue weighted by molar-refractivity contribution is 0.0946. The zero-order chi connectivity index (χ0) is 13.7. The molecule has 0 radical (unpaired) electrons. The minimum Gasteiger partial charge on any atom is -0.492 e. The fraction of sp³-hybridized carbons (Fsp3) is 0.250. The van der Waals surface area contributed by atoms with Crippen LogP contribution >= 0.6 is 27.3 Å². The summed E-state index contributed by atoms with van der Waals surface area (Å²) in [7, 11) is 0. The van der Waals surface area contributed by atoms with Gasteiger partial charge in [0.2, 0.25) is 5.01 Å². The molecular weight excluding hydrogens is 330 g/mol. The van der Waals surface area contributed by atoms with Gasteiger partial charge in [-0.1, -0.05) is 33.3 Å². The molecule has 1 amide bonds. The molecule has 1 heterocycles. The molecule has 1 aromatic heterocycles. The second-order valence-corrected chi connectivity index (χ2v) is 5.79. The number of nitrogens with zero attached hydrogens (tertiary/aromatic N) is 2. The standard InChI is InChI=1S/C12H12BrN3O2S/c1-8-15-16-12(19-8)11(17)14-5-6-18-10-4-2-3-9(13)7-10/h2-4,7H,5-6H2,1H3,(H,14,17). The molecular formula is C12H12BrN3O2S. The Hall–Kier alpha value is -1.47. The molecule has 2 rings (SSSR count). The SMILES string of the molecule is Cc1nnc(C(=O)NCCOc2cccc(Br)c2)s1. The van der Waals surface area contributed by atoms with Crippen LogP contribution in [0.3, 0.4) is 0 Å². The van der Waals surface area contributed by atoms with E-state index < -0.39 is 0 Å². The number of carbonyl (C=O) groups excluding carboxylic acids is 1. The van der Waals surface area contributed by atoms with Crippen LogP contribution in [-0.2, 0) is 0 Å². The number of nitrogens with one attached hydrogen (secondary N) is 1. The van der Waals surface area contributed by atoms with E-state index in [1.54, 1.807) is 0 Å². The second-order valence-electron chi connectivity index (χ2n) is 3.69. The van der Waals surface area contributed by atoms with Crippen molar-refractivity contribution in [2.75, 3.05) is 13.2 Å². The Morgan fingerprint density at radius 1 is 1.47 bits per heavy atom. The van der Waals surface area contributed by atoms with Gasteiger partial charge in [-0.2, -0.15) is 0 Å². The number of ether oxygens (including phenoxy) is 1. The molecule has 0 spiro atoms. The Bertz CT molecular complexity index is 574. The lowest BCUT2D eigenvalue weighted by atomic mass is 10.3. The average molecular weight is 342 g/mol. The van der Waals surface area contributed by atoms with Crippen molar-refractivity contribution in [3.05, 3.63) is 38.8 Å². The van der Waals surface area contributed by atoms with Gasteiger partial charge in [0, 0.05) is 4.47 Å². The summed E-state index contributed by atoms with van der Waals surface area (Å²) >= 11 is 4.63. The molecule has 0 aliphatic rings. The van der Waals surface area contributed by atoms with Crippen molar-refractivity contribution < 1.29 is 9.53 Å². The maximum absolute atomic E-state index is 11.7. The highest BCUT2D eigenvalue weighted by Crippen LogP contribution is 2.17. The van der Waals surface area contributed by atoms with Gasteiger partial charge in [0.25, 0.3) is 5.91 Å². The van der Waals surface area contributed by atoms with Crippen molar-refractivity contribution in [1.82, 2.24) is 15.5 Å². The van der Waals surface area contributed by atoms with Crippen molar-refractivity contribution in [3.63, 3.8) is 0 Å². The highest BCUT2D eigenvalue weighted by molar-refractivity contribution is 9.10. The Balaban J connectivity index is 1.74. The minimum atomic E-state index is -0.219. The van der Waals surface area contributed by atoms with Crippen LogP contribution in [-0.4, -0.2) is 29.3 Å². The fourth-order valence-corrected chi connectivity index (χ4v) is 2.34. The number of halogens is 1. The van der Waals surface area contributed by atoms with Gasteiger partial charge in [0.1, 0.15) is 17.4 Å². The molecule has 1 aromatic carbocycles. The van der Waals surface area contributed by atoms with E-state index in [1.807, 2.05) is 31.2 Å². The Morgan fingerprint density at radius 2 is 2.32 bits per heavy atom. The van der Waals surface area contributed by atoms with Crippen molar-refractivity contribution in [3.8, 4) is 5.75 Å². The summed E-state index contributed by atoms with van der Waals surface area (Å²) in [5.41, 5.74) is 0. The van der Waals surface area contributed by atoms with E-state index in [1.165, 1.54) is 11.3 Å². The van der Waals surface area contributed by atoms with E-state index in [-0.39, 0.29) is 5.91 Å². The van der Waals surface area contributed by atoms with Crippen molar-refractivity contribution in [2.24, 2.45) is 0 Å². The normalized spacial score (nSPS) is 10.2. The number of hydrogen-bond donors (Lipinski definition) is 1. The molecule has 100 valence electrons. The first kappa shape index (κ1) is 14.0. The van der Waals surface area contributed by atoms with Crippen LogP contribution in [0.15, 0.2) is 28.7 Å². The van der Waals surface area contributed by atoms with E-state index in [4.69, 9.17) is 4.74 Å². The first-order chi connectivity index (χ1) is 9.15. The van der Waals surface area contributed by atoms with Crippen molar-refractivity contribution >= 4 is 33.2 Å². The Morgan fingerprint density at radius 3 is 3.00 bits per heavy atom. The molecule has 19 heavy (non-hydrogen) atoms.